The van der Waals surface area contributed by atoms with Crippen LogP contribution in [0.4, 0.5) is 0 Å². The number of hydrazone groups is 1. The molecule has 8 heteroatoms. The van der Waals surface area contributed by atoms with Gasteiger partial charge >= 0.3 is 0 Å². The molecule has 6 nitrogen and oxygen atoms in total. The summed E-state index contributed by atoms with van der Waals surface area (Å²) in [5.74, 6) is -0.416. The lowest BCUT2D eigenvalue weighted by Gasteiger charge is -2.03. The average Bonchev–Trinajstić information content (AvgIpc) is 2.44. The normalized spacial score (nSPS) is 11.2. The number of nitrogens with two attached hydrogens (primary N) is 1. The van der Waals surface area contributed by atoms with E-state index in [1.165, 1.54) is 12.1 Å². The van der Waals surface area contributed by atoms with Crippen LogP contribution in [0.15, 0.2) is 41.6 Å². The molecule has 102 valence electrons. The van der Waals surface area contributed by atoms with Crippen LogP contribution in [-0.2, 0) is 0 Å². The molecule has 1 amide bonds. The van der Waals surface area contributed by atoms with Crippen molar-refractivity contribution in [2.75, 3.05) is 0 Å². The van der Waals surface area contributed by atoms with Gasteiger partial charge in [-0.15, -0.1) is 0 Å². The van der Waals surface area contributed by atoms with Crippen molar-refractivity contribution in [1.29, 1.82) is 0 Å². The van der Waals surface area contributed by atoms with Crippen LogP contribution in [0, 0.1) is 0 Å². The fourth-order valence-electron chi connectivity index (χ4n) is 1.34. The summed E-state index contributed by atoms with van der Waals surface area (Å²) in [5, 5.41) is 3.99. The third kappa shape index (κ3) is 3.66. The third-order valence-corrected chi connectivity index (χ3v) is 2.62. The molecule has 0 aromatic carbocycles. The maximum Gasteiger partial charge on any atom is 0.271 e. The second-order valence-corrected chi connectivity index (χ2v) is 4.43. The van der Waals surface area contributed by atoms with Gasteiger partial charge in [0.15, 0.2) is 5.84 Å². The SMILES string of the molecule is N/C(=N\NC(=O)c1cc(Cl)nc(Cl)c1)c1ccccn1. The number of amides is 1. The molecule has 2 heterocycles. The number of aromatic nitrogens is 2. The summed E-state index contributed by atoms with van der Waals surface area (Å²) in [4.78, 5) is 19.6. The Morgan fingerprint density at radius 2 is 1.95 bits per heavy atom. The highest BCUT2D eigenvalue weighted by molar-refractivity contribution is 6.33. The predicted octanol–water partition coefficient (Wildman–Crippen LogP) is 1.83. The summed E-state index contributed by atoms with van der Waals surface area (Å²) >= 11 is 11.4. The molecule has 2 aromatic rings. The predicted molar refractivity (Wildman–Crippen MR) is 76.7 cm³/mol. The number of nitrogens with zero attached hydrogens (tertiary/aromatic N) is 3. The minimum atomic E-state index is -0.505. The van der Waals surface area contributed by atoms with Gasteiger partial charge in [0.05, 0.1) is 0 Å². The number of pyridine rings is 2. The Morgan fingerprint density at radius 1 is 1.25 bits per heavy atom. The molecule has 0 aliphatic carbocycles. The van der Waals surface area contributed by atoms with Crippen LogP contribution in [0.5, 0.6) is 0 Å². The highest BCUT2D eigenvalue weighted by Gasteiger charge is 2.08. The zero-order valence-electron chi connectivity index (χ0n) is 10.0. The minimum Gasteiger partial charge on any atom is -0.380 e. The third-order valence-electron chi connectivity index (χ3n) is 2.23. The lowest BCUT2D eigenvalue weighted by atomic mass is 10.2. The molecule has 0 aliphatic heterocycles. The Kier molecular flexibility index (Phi) is 4.49. The first-order chi connectivity index (χ1) is 9.56. The average molecular weight is 310 g/mol. The number of amidine groups is 1. The van der Waals surface area contributed by atoms with Gasteiger partial charge in [-0.3, -0.25) is 9.78 Å². The second-order valence-electron chi connectivity index (χ2n) is 3.65. The van der Waals surface area contributed by atoms with E-state index in [2.05, 4.69) is 20.5 Å². The van der Waals surface area contributed by atoms with E-state index in [0.717, 1.165) is 0 Å². The lowest BCUT2D eigenvalue weighted by molar-refractivity contribution is 0.0954. The quantitative estimate of drug-likeness (QED) is 0.391. The standard InChI is InChI=1S/C12H9Cl2N5O/c13-9-5-7(6-10(14)17-9)12(20)19-18-11(15)8-3-1-2-4-16-8/h1-6H,(H2,15,18)(H,19,20). The van der Waals surface area contributed by atoms with Crippen molar-refractivity contribution in [3.05, 3.63) is 58.1 Å². The van der Waals surface area contributed by atoms with Gasteiger partial charge in [0.2, 0.25) is 0 Å². The van der Waals surface area contributed by atoms with Crippen LogP contribution in [0.1, 0.15) is 16.1 Å². The van der Waals surface area contributed by atoms with Gasteiger partial charge in [0, 0.05) is 11.8 Å². The Balaban J connectivity index is 2.12. The van der Waals surface area contributed by atoms with E-state index in [9.17, 15) is 4.79 Å². The summed E-state index contributed by atoms with van der Waals surface area (Å²) in [6.45, 7) is 0. The number of carbonyl (C=O) groups is 1. The number of carbonyl (C=O) groups excluding carboxylic acids is 1. The summed E-state index contributed by atoms with van der Waals surface area (Å²) in [6.07, 6.45) is 1.57. The van der Waals surface area contributed by atoms with Crippen LogP contribution in [0.2, 0.25) is 10.3 Å². The molecule has 2 aromatic heterocycles. The zero-order chi connectivity index (χ0) is 14.5. The van der Waals surface area contributed by atoms with E-state index in [4.69, 9.17) is 28.9 Å². The molecule has 0 saturated carbocycles. The highest BCUT2D eigenvalue weighted by atomic mass is 35.5. The molecule has 0 spiro atoms. The topological polar surface area (TPSA) is 93.3 Å². The molecule has 0 unspecified atom stereocenters. The second kappa shape index (κ2) is 6.31. The Hall–Kier alpha value is -2.18. The molecule has 0 radical (unpaired) electrons. The number of nitrogens with one attached hydrogen (secondary N) is 1. The Bertz CT molecular complexity index is 640. The van der Waals surface area contributed by atoms with E-state index in [1.807, 2.05) is 0 Å². The summed E-state index contributed by atoms with van der Waals surface area (Å²) in [5.41, 5.74) is 8.67. The molecule has 0 bridgehead atoms. The van der Waals surface area contributed by atoms with Crippen LogP contribution in [0.25, 0.3) is 0 Å². The van der Waals surface area contributed by atoms with Gasteiger partial charge in [-0.25, -0.2) is 10.4 Å². The molecule has 0 aliphatic rings. The van der Waals surface area contributed by atoms with Crippen molar-refractivity contribution in [1.82, 2.24) is 15.4 Å². The van der Waals surface area contributed by atoms with Crippen molar-refractivity contribution in [2.24, 2.45) is 10.8 Å². The monoisotopic (exact) mass is 309 g/mol. The van der Waals surface area contributed by atoms with Crippen LogP contribution in [-0.4, -0.2) is 21.7 Å². The number of halogens is 2. The van der Waals surface area contributed by atoms with Crippen molar-refractivity contribution in [3.8, 4) is 0 Å². The van der Waals surface area contributed by atoms with E-state index < -0.39 is 5.91 Å². The first kappa shape index (κ1) is 14.2. The summed E-state index contributed by atoms with van der Waals surface area (Å²) in [7, 11) is 0. The van der Waals surface area contributed by atoms with Gasteiger partial charge < -0.3 is 5.73 Å². The molecule has 0 fully saturated rings. The maximum absolute atomic E-state index is 11.8. The fraction of sp³-hybridized carbons (Fsp3) is 0. The Labute approximate surface area is 124 Å². The lowest BCUT2D eigenvalue weighted by Crippen LogP contribution is -2.24. The largest absolute Gasteiger partial charge is 0.380 e. The van der Waals surface area contributed by atoms with Crippen molar-refractivity contribution in [3.63, 3.8) is 0 Å². The molecule has 2 rings (SSSR count). The van der Waals surface area contributed by atoms with E-state index in [1.54, 1.807) is 24.4 Å². The van der Waals surface area contributed by atoms with Crippen LogP contribution >= 0.6 is 23.2 Å². The van der Waals surface area contributed by atoms with Gasteiger partial charge in [0.1, 0.15) is 16.0 Å². The molecule has 20 heavy (non-hydrogen) atoms. The van der Waals surface area contributed by atoms with Gasteiger partial charge in [0.25, 0.3) is 5.91 Å². The molecule has 3 N–H and O–H groups in total. The smallest absolute Gasteiger partial charge is 0.271 e. The molecular formula is C12H9Cl2N5O. The van der Waals surface area contributed by atoms with E-state index in [-0.39, 0.29) is 21.7 Å². The molecule has 0 saturated heterocycles. The Morgan fingerprint density at radius 3 is 2.55 bits per heavy atom. The van der Waals surface area contributed by atoms with E-state index in [0.29, 0.717) is 5.69 Å². The number of hydrogen-bond acceptors (Lipinski definition) is 4. The van der Waals surface area contributed by atoms with Crippen molar-refractivity contribution < 1.29 is 4.79 Å². The first-order valence-electron chi connectivity index (χ1n) is 5.44. The highest BCUT2D eigenvalue weighted by Crippen LogP contribution is 2.14. The number of hydrogen-bond donors (Lipinski definition) is 2. The fourth-order valence-corrected chi connectivity index (χ4v) is 1.80. The summed E-state index contributed by atoms with van der Waals surface area (Å²) < 4.78 is 0. The van der Waals surface area contributed by atoms with Gasteiger partial charge in [-0.1, -0.05) is 29.3 Å². The van der Waals surface area contributed by atoms with Gasteiger partial charge in [-0.2, -0.15) is 5.10 Å². The minimum absolute atomic E-state index is 0.0881. The maximum atomic E-state index is 11.8. The zero-order valence-corrected chi connectivity index (χ0v) is 11.6. The van der Waals surface area contributed by atoms with Crippen LogP contribution in [0.3, 0.4) is 0 Å². The molecular weight excluding hydrogens is 301 g/mol. The number of rotatable bonds is 3. The molecule has 0 atom stereocenters. The first-order valence-corrected chi connectivity index (χ1v) is 6.20. The van der Waals surface area contributed by atoms with Crippen LogP contribution < -0.4 is 11.2 Å². The van der Waals surface area contributed by atoms with Crippen molar-refractivity contribution in [2.45, 2.75) is 0 Å². The van der Waals surface area contributed by atoms with Gasteiger partial charge in [-0.05, 0) is 24.3 Å². The summed E-state index contributed by atoms with van der Waals surface area (Å²) in [6, 6.07) is 7.92. The van der Waals surface area contributed by atoms with Crippen molar-refractivity contribution >= 4 is 34.9 Å². The van der Waals surface area contributed by atoms with E-state index >= 15 is 0 Å².